The summed E-state index contributed by atoms with van der Waals surface area (Å²) in [6, 6.07) is 16.6. The normalized spacial score (nSPS) is 13.7. The third-order valence-corrected chi connectivity index (χ3v) is 5.28. The molecule has 0 unspecified atom stereocenters. The Bertz CT molecular complexity index is 1250. The molecule has 31 heavy (non-hydrogen) atoms. The van der Waals surface area contributed by atoms with Gasteiger partial charge in [-0.25, -0.2) is 4.79 Å². The Labute approximate surface area is 187 Å². The first-order valence-corrected chi connectivity index (χ1v) is 9.99. The Balaban J connectivity index is 0.000000368. The number of isothiocyanates is 1. The summed E-state index contributed by atoms with van der Waals surface area (Å²) >= 11 is 4.85. The average Bonchev–Trinajstić information content (AvgIpc) is 3.05. The first kappa shape index (κ1) is 20.4. The zero-order valence-corrected chi connectivity index (χ0v) is 17.2. The van der Waals surface area contributed by atoms with Crippen molar-refractivity contribution in [3.05, 3.63) is 82.9 Å². The van der Waals surface area contributed by atoms with Crippen molar-refractivity contribution in [3.8, 4) is 28.4 Å². The number of phenolic OH excluding ortho intramolecular Hbond substituents is 2. The number of esters is 1. The summed E-state index contributed by atoms with van der Waals surface area (Å²) in [6.07, 6.45) is 0. The van der Waals surface area contributed by atoms with Crippen molar-refractivity contribution in [2.45, 2.75) is 5.60 Å². The summed E-state index contributed by atoms with van der Waals surface area (Å²) in [7, 11) is 0. The number of benzene rings is 3. The number of carbonyl (C=O) groups is 1. The summed E-state index contributed by atoms with van der Waals surface area (Å²) in [5.41, 5.74) is 1.28. The Kier molecular flexibility index (Phi) is 5.36. The van der Waals surface area contributed by atoms with E-state index in [4.69, 9.17) is 14.7 Å². The molecular formula is C22H13N2O5S2+. The van der Waals surface area contributed by atoms with E-state index >= 15 is 0 Å². The lowest BCUT2D eigenvalue weighted by atomic mass is 9.77. The second-order valence-electron chi connectivity index (χ2n) is 6.44. The summed E-state index contributed by atoms with van der Waals surface area (Å²) in [4.78, 5) is 12.5. The van der Waals surface area contributed by atoms with Gasteiger partial charge in [0.25, 0.3) is 0 Å². The highest BCUT2D eigenvalue weighted by molar-refractivity contribution is 8.02. The van der Waals surface area contributed by atoms with Crippen LogP contribution in [0.4, 0.5) is 0 Å². The number of fused-ring (bicyclic) bond motifs is 6. The number of thiocarbonyl (C=S) groups is 1. The molecule has 2 aliphatic heterocycles. The predicted octanol–water partition coefficient (Wildman–Crippen LogP) is 5.00. The first-order chi connectivity index (χ1) is 15.0. The fraction of sp³-hybridized carbons (Fsp3) is 0.0455. The number of nitrogens with zero attached hydrogens (tertiary/aromatic N) is 2. The minimum atomic E-state index is -1.17. The van der Waals surface area contributed by atoms with E-state index in [0.29, 0.717) is 33.8 Å². The van der Waals surface area contributed by atoms with Gasteiger partial charge in [-0.15, -0.1) is 4.40 Å². The van der Waals surface area contributed by atoms with Crippen LogP contribution in [0.1, 0.15) is 28.5 Å². The smallest absolute Gasteiger partial charge is 0.508 e. The van der Waals surface area contributed by atoms with Crippen LogP contribution in [0.3, 0.4) is 0 Å². The minimum Gasteiger partial charge on any atom is -0.508 e. The fourth-order valence-electron chi connectivity index (χ4n) is 3.69. The van der Waals surface area contributed by atoms with Crippen LogP contribution in [0.2, 0.25) is 0 Å². The van der Waals surface area contributed by atoms with E-state index in [-0.39, 0.29) is 12.9 Å². The Morgan fingerprint density at radius 1 is 1.00 bits per heavy atom. The molecule has 0 amide bonds. The van der Waals surface area contributed by atoms with Crippen LogP contribution in [-0.2, 0) is 10.3 Å². The van der Waals surface area contributed by atoms with E-state index in [2.05, 4.69) is 16.6 Å². The molecule has 1 spiro atoms. The number of hydrogen-bond acceptors (Lipinski definition) is 9. The molecule has 9 heteroatoms. The monoisotopic (exact) mass is 449 g/mol. The van der Waals surface area contributed by atoms with Gasteiger partial charge in [0.1, 0.15) is 34.9 Å². The highest BCUT2D eigenvalue weighted by Gasteiger charge is 2.53. The molecule has 2 heterocycles. The molecule has 152 valence electrons. The quantitative estimate of drug-likeness (QED) is 0.176. The number of thiocyanates is 1. The Morgan fingerprint density at radius 2 is 1.61 bits per heavy atom. The maximum atomic E-state index is 12.5. The lowest BCUT2D eigenvalue weighted by Gasteiger charge is -2.36. The van der Waals surface area contributed by atoms with Crippen molar-refractivity contribution in [2.75, 3.05) is 0 Å². The van der Waals surface area contributed by atoms with Crippen LogP contribution in [0, 0.1) is 10.7 Å². The molecule has 7 nitrogen and oxygen atoms in total. The molecular weight excluding hydrogens is 436 g/mol. The lowest BCUT2D eigenvalue weighted by Crippen LogP contribution is -2.32. The molecule has 2 N–H and O–H groups in total. The zero-order chi connectivity index (χ0) is 22.0. The van der Waals surface area contributed by atoms with Gasteiger partial charge >= 0.3 is 7.40 Å². The number of aromatic hydroxyl groups is 2. The van der Waals surface area contributed by atoms with E-state index in [9.17, 15) is 15.0 Å². The SMILES string of the molecule is N#CSN=C=S.O=C1OC2(c3ccc(O)cc3Oc3cc(O)ccc32)c2ccccc21.[H+]. The Hall–Kier alpha value is -3.83. The summed E-state index contributed by atoms with van der Waals surface area (Å²) in [5.74, 6) is 0.408. The predicted molar refractivity (Wildman–Crippen MR) is 117 cm³/mol. The topological polar surface area (TPSA) is 112 Å². The van der Waals surface area contributed by atoms with Gasteiger partial charge in [-0.2, -0.15) is 5.26 Å². The third kappa shape index (κ3) is 3.39. The first-order valence-electron chi connectivity index (χ1n) is 8.81. The second-order valence-corrected chi connectivity index (χ2v) is 7.17. The number of ether oxygens (including phenoxy) is 2. The van der Waals surface area contributed by atoms with Gasteiger partial charge in [0.15, 0.2) is 11.0 Å². The van der Waals surface area contributed by atoms with Crippen molar-refractivity contribution in [1.82, 2.24) is 0 Å². The van der Waals surface area contributed by atoms with E-state index in [1.807, 2.05) is 17.3 Å². The fourth-order valence-corrected chi connectivity index (χ4v) is 3.88. The van der Waals surface area contributed by atoms with Crippen LogP contribution in [0.5, 0.6) is 23.0 Å². The summed E-state index contributed by atoms with van der Waals surface area (Å²) in [6.45, 7) is 0. The molecule has 0 aliphatic carbocycles. The Morgan fingerprint density at radius 3 is 2.16 bits per heavy atom. The molecule has 0 fully saturated rings. The van der Waals surface area contributed by atoms with Crippen LogP contribution >= 0.6 is 24.2 Å². The van der Waals surface area contributed by atoms with E-state index in [0.717, 1.165) is 11.9 Å². The van der Waals surface area contributed by atoms with Crippen molar-refractivity contribution in [2.24, 2.45) is 4.40 Å². The number of rotatable bonds is 1. The van der Waals surface area contributed by atoms with Crippen molar-refractivity contribution >= 4 is 35.3 Å². The number of hydrogen-bond donors (Lipinski definition) is 2. The van der Waals surface area contributed by atoms with Gasteiger partial charge in [0, 0.05) is 28.8 Å². The summed E-state index contributed by atoms with van der Waals surface area (Å²) in [5, 5.41) is 31.1. The third-order valence-electron chi connectivity index (χ3n) is 4.80. The standard InChI is InChI=1S/C20H12O5.C2N2S2/c21-11-5-7-15-17(9-11)24-18-10-12(22)6-8-16(18)20(15)14-4-2-1-3-13(14)19(23)25-20;3-1-6-4-2-5/h1-10,21-22H;/p+1. The summed E-state index contributed by atoms with van der Waals surface area (Å²) < 4.78 is 15.0. The van der Waals surface area contributed by atoms with E-state index in [1.54, 1.807) is 29.7 Å². The molecule has 2 aliphatic rings. The molecule has 0 aromatic heterocycles. The highest BCUT2D eigenvalue weighted by atomic mass is 32.2. The molecule has 5 rings (SSSR count). The average molecular weight is 449 g/mol. The molecule has 0 atom stereocenters. The second kappa shape index (κ2) is 8.13. The van der Waals surface area contributed by atoms with Gasteiger partial charge in [-0.1, -0.05) is 18.2 Å². The van der Waals surface area contributed by atoms with Crippen LogP contribution < -0.4 is 4.74 Å². The number of carbonyl (C=O) groups excluding carboxylic acids is 1. The van der Waals surface area contributed by atoms with Crippen LogP contribution in [0.15, 0.2) is 65.1 Å². The molecule has 0 saturated heterocycles. The zero-order valence-electron chi connectivity index (χ0n) is 16.6. The van der Waals surface area contributed by atoms with Gasteiger partial charge in [-0.3, -0.25) is 0 Å². The van der Waals surface area contributed by atoms with Gasteiger partial charge in [0.2, 0.25) is 0 Å². The van der Waals surface area contributed by atoms with Gasteiger partial charge in [0.05, 0.1) is 10.7 Å². The van der Waals surface area contributed by atoms with Crippen molar-refractivity contribution in [3.63, 3.8) is 0 Å². The van der Waals surface area contributed by atoms with E-state index < -0.39 is 11.6 Å². The van der Waals surface area contributed by atoms with Crippen molar-refractivity contribution in [1.29, 1.82) is 5.26 Å². The van der Waals surface area contributed by atoms with Gasteiger partial charge < -0.3 is 19.7 Å². The number of nitriles is 1. The minimum absolute atomic E-state index is 0. The molecule has 0 bridgehead atoms. The largest absolute Gasteiger partial charge is 1.00 e. The van der Waals surface area contributed by atoms with Crippen LogP contribution in [0.25, 0.3) is 0 Å². The van der Waals surface area contributed by atoms with Crippen molar-refractivity contribution < 1.29 is 25.9 Å². The maximum Gasteiger partial charge on any atom is 1.00 e. The maximum absolute atomic E-state index is 12.5. The molecule has 3 aromatic rings. The molecule has 0 radical (unpaired) electrons. The van der Waals surface area contributed by atoms with Crippen LogP contribution in [-0.4, -0.2) is 21.3 Å². The van der Waals surface area contributed by atoms with Gasteiger partial charge in [-0.05, 0) is 42.5 Å². The molecule has 0 saturated carbocycles. The van der Waals surface area contributed by atoms with E-state index in [1.165, 1.54) is 24.3 Å². The highest BCUT2D eigenvalue weighted by Crippen LogP contribution is 2.56. The number of phenols is 2. The lowest BCUT2D eigenvalue weighted by molar-refractivity contribution is 0.0224. The molecule has 3 aromatic carbocycles.